The predicted octanol–water partition coefficient (Wildman–Crippen LogP) is 3.84. The Morgan fingerprint density at radius 2 is 1.84 bits per heavy atom. The number of fused-ring (bicyclic) bond motifs is 1. The summed E-state index contributed by atoms with van der Waals surface area (Å²) in [6, 6.07) is 15.8. The molecule has 0 saturated carbocycles. The van der Waals surface area contributed by atoms with Gasteiger partial charge in [0.2, 0.25) is 5.91 Å². The van der Waals surface area contributed by atoms with E-state index in [4.69, 9.17) is 0 Å². The molecule has 1 aliphatic carbocycles. The van der Waals surface area contributed by atoms with Crippen molar-refractivity contribution in [2.24, 2.45) is 0 Å². The SMILES string of the molecule is CC(=O)c1ccc(NC(=O)CN(C)[C@@H]2CCCc3ccccc32)cc1. The Morgan fingerprint density at radius 1 is 1.12 bits per heavy atom. The summed E-state index contributed by atoms with van der Waals surface area (Å²) < 4.78 is 0. The van der Waals surface area contributed by atoms with Crippen LogP contribution < -0.4 is 5.32 Å². The van der Waals surface area contributed by atoms with Crippen LogP contribution in [0, 0.1) is 0 Å². The van der Waals surface area contributed by atoms with E-state index < -0.39 is 0 Å². The maximum Gasteiger partial charge on any atom is 0.238 e. The predicted molar refractivity (Wildman–Crippen MR) is 99.8 cm³/mol. The minimum Gasteiger partial charge on any atom is -0.325 e. The maximum absolute atomic E-state index is 12.4. The summed E-state index contributed by atoms with van der Waals surface area (Å²) >= 11 is 0. The van der Waals surface area contributed by atoms with E-state index in [9.17, 15) is 9.59 Å². The first-order chi connectivity index (χ1) is 12.0. The van der Waals surface area contributed by atoms with E-state index in [-0.39, 0.29) is 17.7 Å². The molecule has 4 heteroatoms. The number of rotatable bonds is 5. The average Bonchev–Trinajstić information content (AvgIpc) is 2.61. The number of ketones is 1. The quantitative estimate of drug-likeness (QED) is 0.844. The van der Waals surface area contributed by atoms with Crippen LogP contribution >= 0.6 is 0 Å². The number of hydrogen-bond donors (Lipinski definition) is 1. The molecule has 2 aromatic carbocycles. The second-order valence-electron chi connectivity index (χ2n) is 6.70. The molecular weight excluding hydrogens is 312 g/mol. The smallest absolute Gasteiger partial charge is 0.238 e. The Kier molecular flexibility index (Phi) is 5.29. The van der Waals surface area contributed by atoms with Gasteiger partial charge in [-0.3, -0.25) is 14.5 Å². The molecule has 3 rings (SSSR count). The number of aryl methyl sites for hydroxylation is 1. The van der Waals surface area contributed by atoms with Gasteiger partial charge in [0, 0.05) is 17.3 Å². The van der Waals surface area contributed by atoms with Gasteiger partial charge in [-0.15, -0.1) is 0 Å². The lowest BCUT2D eigenvalue weighted by Crippen LogP contribution is -2.34. The van der Waals surface area contributed by atoms with Crippen molar-refractivity contribution in [3.05, 3.63) is 65.2 Å². The highest BCUT2D eigenvalue weighted by Gasteiger charge is 2.24. The lowest BCUT2D eigenvalue weighted by Gasteiger charge is -2.32. The summed E-state index contributed by atoms with van der Waals surface area (Å²) in [6.07, 6.45) is 3.35. The Morgan fingerprint density at radius 3 is 2.56 bits per heavy atom. The lowest BCUT2D eigenvalue weighted by molar-refractivity contribution is -0.117. The summed E-state index contributed by atoms with van der Waals surface area (Å²) in [5.74, 6) is -0.0188. The fourth-order valence-corrected chi connectivity index (χ4v) is 3.51. The number of anilines is 1. The van der Waals surface area contributed by atoms with E-state index in [1.807, 2.05) is 7.05 Å². The minimum atomic E-state index is -0.0406. The second-order valence-corrected chi connectivity index (χ2v) is 6.70. The largest absolute Gasteiger partial charge is 0.325 e. The molecule has 1 N–H and O–H groups in total. The van der Waals surface area contributed by atoms with Crippen LogP contribution in [-0.4, -0.2) is 30.2 Å². The molecule has 0 heterocycles. The second kappa shape index (κ2) is 7.62. The van der Waals surface area contributed by atoms with Crippen LogP contribution in [0.15, 0.2) is 48.5 Å². The molecule has 1 aliphatic rings. The number of amides is 1. The van der Waals surface area contributed by atoms with Crippen LogP contribution in [0.1, 0.15) is 47.3 Å². The molecule has 2 aromatic rings. The van der Waals surface area contributed by atoms with Crippen LogP contribution in [0.5, 0.6) is 0 Å². The van der Waals surface area contributed by atoms with Crippen LogP contribution in [0.2, 0.25) is 0 Å². The monoisotopic (exact) mass is 336 g/mol. The normalized spacial score (nSPS) is 16.4. The number of carbonyl (C=O) groups is 2. The molecule has 1 amide bonds. The van der Waals surface area contributed by atoms with Crippen molar-refractivity contribution in [1.29, 1.82) is 0 Å². The van der Waals surface area contributed by atoms with Gasteiger partial charge in [-0.05, 0) is 68.6 Å². The van der Waals surface area contributed by atoms with Gasteiger partial charge < -0.3 is 5.32 Å². The zero-order valence-electron chi connectivity index (χ0n) is 14.8. The van der Waals surface area contributed by atoms with Crippen molar-refractivity contribution >= 4 is 17.4 Å². The van der Waals surface area contributed by atoms with Gasteiger partial charge in [0.25, 0.3) is 0 Å². The van der Waals surface area contributed by atoms with E-state index in [0.29, 0.717) is 17.8 Å². The average molecular weight is 336 g/mol. The molecule has 25 heavy (non-hydrogen) atoms. The molecule has 0 saturated heterocycles. The summed E-state index contributed by atoms with van der Waals surface area (Å²) in [4.78, 5) is 25.8. The van der Waals surface area contributed by atoms with Gasteiger partial charge in [-0.1, -0.05) is 24.3 Å². The third-order valence-electron chi connectivity index (χ3n) is 4.84. The number of benzene rings is 2. The topological polar surface area (TPSA) is 49.4 Å². The first-order valence-corrected chi connectivity index (χ1v) is 8.73. The molecule has 0 fully saturated rings. The van der Waals surface area contributed by atoms with Gasteiger partial charge in [0.1, 0.15) is 0 Å². The summed E-state index contributed by atoms with van der Waals surface area (Å²) in [5.41, 5.74) is 4.10. The van der Waals surface area contributed by atoms with E-state index in [2.05, 4.69) is 34.5 Å². The van der Waals surface area contributed by atoms with Crippen LogP contribution in [0.3, 0.4) is 0 Å². The molecule has 0 radical (unpaired) electrons. The first kappa shape index (κ1) is 17.4. The molecule has 0 unspecified atom stereocenters. The fourth-order valence-electron chi connectivity index (χ4n) is 3.51. The van der Waals surface area contributed by atoms with Crippen molar-refractivity contribution in [2.45, 2.75) is 32.2 Å². The Hall–Kier alpha value is -2.46. The molecule has 0 bridgehead atoms. The number of carbonyl (C=O) groups excluding carboxylic acids is 2. The molecule has 0 spiro atoms. The van der Waals surface area contributed by atoms with E-state index >= 15 is 0 Å². The van der Waals surface area contributed by atoms with E-state index in [0.717, 1.165) is 19.3 Å². The van der Waals surface area contributed by atoms with Gasteiger partial charge in [0.05, 0.1) is 6.54 Å². The highest BCUT2D eigenvalue weighted by atomic mass is 16.2. The van der Waals surface area contributed by atoms with Gasteiger partial charge in [0.15, 0.2) is 5.78 Å². The number of hydrogen-bond acceptors (Lipinski definition) is 3. The highest BCUT2D eigenvalue weighted by molar-refractivity contribution is 5.96. The number of nitrogens with zero attached hydrogens (tertiary/aromatic N) is 1. The highest BCUT2D eigenvalue weighted by Crippen LogP contribution is 2.33. The molecule has 130 valence electrons. The fraction of sp³-hybridized carbons (Fsp3) is 0.333. The summed E-state index contributed by atoms with van der Waals surface area (Å²) in [7, 11) is 2.01. The van der Waals surface area contributed by atoms with Crippen LogP contribution in [-0.2, 0) is 11.2 Å². The van der Waals surface area contributed by atoms with Crippen LogP contribution in [0.4, 0.5) is 5.69 Å². The summed E-state index contributed by atoms with van der Waals surface area (Å²) in [5, 5.41) is 2.91. The molecule has 0 aromatic heterocycles. The minimum absolute atomic E-state index is 0.0218. The van der Waals surface area contributed by atoms with E-state index in [1.165, 1.54) is 18.1 Å². The van der Waals surface area contributed by atoms with Crippen LogP contribution in [0.25, 0.3) is 0 Å². The molecule has 0 aliphatic heterocycles. The molecule has 4 nitrogen and oxygen atoms in total. The Labute approximate surface area is 148 Å². The van der Waals surface area contributed by atoms with Crippen molar-refractivity contribution in [3.8, 4) is 0 Å². The molecule has 1 atom stereocenters. The lowest BCUT2D eigenvalue weighted by atomic mass is 9.87. The first-order valence-electron chi connectivity index (χ1n) is 8.73. The van der Waals surface area contributed by atoms with E-state index in [1.54, 1.807) is 24.3 Å². The number of nitrogens with one attached hydrogen (secondary N) is 1. The van der Waals surface area contributed by atoms with Gasteiger partial charge >= 0.3 is 0 Å². The van der Waals surface area contributed by atoms with Crippen molar-refractivity contribution < 1.29 is 9.59 Å². The van der Waals surface area contributed by atoms with Crippen molar-refractivity contribution in [3.63, 3.8) is 0 Å². The van der Waals surface area contributed by atoms with Crippen molar-refractivity contribution in [2.75, 3.05) is 18.9 Å². The Bertz CT molecular complexity index is 768. The third-order valence-corrected chi connectivity index (χ3v) is 4.84. The van der Waals surface area contributed by atoms with Crippen molar-refractivity contribution in [1.82, 2.24) is 4.90 Å². The van der Waals surface area contributed by atoms with Gasteiger partial charge in [-0.2, -0.15) is 0 Å². The Balaban J connectivity index is 1.62. The zero-order chi connectivity index (χ0) is 17.8. The van der Waals surface area contributed by atoms with Gasteiger partial charge in [-0.25, -0.2) is 0 Å². The number of Topliss-reactive ketones (excluding diaryl/α,β-unsaturated/α-hetero) is 1. The zero-order valence-corrected chi connectivity index (χ0v) is 14.8. The standard InChI is InChI=1S/C21H24N2O2/c1-15(24)16-10-12-18(13-11-16)22-21(25)14-23(2)20-9-5-7-17-6-3-4-8-19(17)20/h3-4,6,8,10-13,20H,5,7,9,14H2,1-2H3,(H,22,25)/t20-/m1/s1. The maximum atomic E-state index is 12.4. The summed E-state index contributed by atoms with van der Waals surface area (Å²) in [6.45, 7) is 1.87. The third kappa shape index (κ3) is 4.15. The molecular formula is C21H24N2O2. The number of likely N-dealkylation sites (N-methyl/N-ethyl adjacent to an activating group) is 1.